The number of carbonyl (C=O) groups excluding carboxylic acids is 2. The van der Waals surface area contributed by atoms with Gasteiger partial charge in [-0.05, 0) is 49.1 Å². The number of imide groups is 1. The van der Waals surface area contributed by atoms with Crippen molar-refractivity contribution in [3.05, 3.63) is 65.7 Å². The standard InChI is InChI=1S/C24H30N4O3/c1-31-20-9-7-18(8-10-20)17-28-22(29)24(26-23(28)30)12-15-27(16-13-24)14-11-21(25)19-5-3-2-4-6-19/h2-10,21H,11-17,25H2,1H3,(H,26,30)/t21-/m0/s1. The molecule has 0 radical (unpaired) electrons. The van der Waals surface area contributed by atoms with Gasteiger partial charge in [0, 0.05) is 19.1 Å². The number of nitrogens with two attached hydrogens (primary N) is 1. The van der Waals surface area contributed by atoms with Crippen LogP contribution >= 0.6 is 0 Å². The molecule has 2 aliphatic rings. The van der Waals surface area contributed by atoms with Crippen LogP contribution in [0.4, 0.5) is 4.79 Å². The number of carbonyl (C=O) groups is 2. The fourth-order valence-electron chi connectivity index (χ4n) is 4.42. The van der Waals surface area contributed by atoms with Crippen LogP contribution < -0.4 is 15.8 Å². The number of ether oxygens (including phenoxy) is 1. The summed E-state index contributed by atoms with van der Waals surface area (Å²) in [6, 6.07) is 17.2. The molecule has 1 spiro atoms. The van der Waals surface area contributed by atoms with Gasteiger partial charge in [0.2, 0.25) is 0 Å². The van der Waals surface area contributed by atoms with E-state index in [0.717, 1.165) is 42.9 Å². The van der Waals surface area contributed by atoms with Crippen molar-refractivity contribution in [2.75, 3.05) is 26.7 Å². The molecule has 4 rings (SSSR count). The third-order valence-electron chi connectivity index (χ3n) is 6.44. The normalized spacial score (nSPS) is 19.5. The molecule has 7 nitrogen and oxygen atoms in total. The maximum atomic E-state index is 13.2. The van der Waals surface area contributed by atoms with E-state index in [2.05, 4.69) is 22.3 Å². The molecule has 2 aromatic carbocycles. The van der Waals surface area contributed by atoms with Gasteiger partial charge in [0.15, 0.2) is 0 Å². The molecule has 164 valence electrons. The Morgan fingerprint density at radius 2 is 1.74 bits per heavy atom. The SMILES string of the molecule is COc1ccc(CN2C(=O)NC3(CCN(CC[C@H](N)c4ccccc4)CC3)C2=O)cc1. The topological polar surface area (TPSA) is 87.9 Å². The number of nitrogens with one attached hydrogen (secondary N) is 1. The lowest BCUT2D eigenvalue weighted by atomic mass is 9.87. The van der Waals surface area contributed by atoms with Gasteiger partial charge in [0.05, 0.1) is 13.7 Å². The summed E-state index contributed by atoms with van der Waals surface area (Å²) in [5.41, 5.74) is 7.59. The third-order valence-corrected chi connectivity index (χ3v) is 6.44. The summed E-state index contributed by atoms with van der Waals surface area (Å²) in [5, 5.41) is 2.98. The number of hydrogen-bond donors (Lipinski definition) is 2. The van der Waals surface area contributed by atoms with Crippen LogP contribution in [0.25, 0.3) is 0 Å². The van der Waals surface area contributed by atoms with E-state index in [-0.39, 0.29) is 24.5 Å². The Morgan fingerprint density at radius 1 is 1.06 bits per heavy atom. The number of benzene rings is 2. The first-order chi connectivity index (χ1) is 15.0. The summed E-state index contributed by atoms with van der Waals surface area (Å²) in [6.45, 7) is 2.68. The van der Waals surface area contributed by atoms with E-state index in [0.29, 0.717) is 12.8 Å². The van der Waals surface area contributed by atoms with Crippen molar-refractivity contribution in [2.24, 2.45) is 5.73 Å². The van der Waals surface area contributed by atoms with Crippen LogP contribution in [0.15, 0.2) is 54.6 Å². The zero-order chi connectivity index (χ0) is 21.8. The molecule has 31 heavy (non-hydrogen) atoms. The second-order valence-corrected chi connectivity index (χ2v) is 8.40. The Bertz CT molecular complexity index is 908. The average molecular weight is 423 g/mol. The number of piperidine rings is 1. The van der Waals surface area contributed by atoms with Gasteiger partial charge in [0.1, 0.15) is 11.3 Å². The highest BCUT2D eigenvalue weighted by molar-refractivity contribution is 6.07. The average Bonchev–Trinajstić information content (AvgIpc) is 3.03. The summed E-state index contributed by atoms with van der Waals surface area (Å²) in [5.74, 6) is 0.630. The van der Waals surface area contributed by atoms with E-state index < -0.39 is 5.54 Å². The molecule has 2 aliphatic heterocycles. The number of nitrogens with zero attached hydrogens (tertiary/aromatic N) is 2. The number of likely N-dealkylation sites (tertiary alicyclic amines) is 1. The highest BCUT2D eigenvalue weighted by Gasteiger charge is 2.52. The van der Waals surface area contributed by atoms with Gasteiger partial charge in [-0.3, -0.25) is 9.69 Å². The molecule has 2 saturated heterocycles. The Labute approximate surface area is 183 Å². The molecular weight excluding hydrogens is 392 g/mol. The first kappa shape index (κ1) is 21.3. The Morgan fingerprint density at radius 3 is 2.39 bits per heavy atom. The van der Waals surface area contributed by atoms with Crippen LogP contribution in [0, 0.1) is 0 Å². The van der Waals surface area contributed by atoms with Gasteiger partial charge < -0.3 is 20.7 Å². The summed E-state index contributed by atoms with van der Waals surface area (Å²) >= 11 is 0. The van der Waals surface area contributed by atoms with E-state index in [1.807, 2.05) is 42.5 Å². The molecule has 2 heterocycles. The molecule has 1 atom stereocenters. The molecule has 2 aromatic rings. The summed E-state index contributed by atoms with van der Waals surface area (Å²) in [6.07, 6.45) is 2.11. The Balaban J connectivity index is 1.31. The van der Waals surface area contributed by atoms with Gasteiger partial charge in [-0.2, -0.15) is 0 Å². The second-order valence-electron chi connectivity index (χ2n) is 8.40. The minimum Gasteiger partial charge on any atom is -0.497 e. The van der Waals surface area contributed by atoms with Crippen molar-refractivity contribution in [1.82, 2.24) is 15.1 Å². The van der Waals surface area contributed by atoms with Crippen molar-refractivity contribution in [1.29, 1.82) is 0 Å². The van der Waals surface area contributed by atoms with Crippen molar-refractivity contribution in [2.45, 2.75) is 37.4 Å². The smallest absolute Gasteiger partial charge is 0.325 e. The van der Waals surface area contributed by atoms with E-state index in [1.54, 1.807) is 7.11 Å². The summed E-state index contributed by atoms with van der Waals surface area (Å²) in [4.78, 5) is 29.4. The number of rotatable bonds is 7. The molecule has 0 aliphatic carbocycles. The third kappa shape index (κ3) is 4.57. The molecule has 3 amide bonds. The molecule has 2 fully saturated rings. The van der Waals surface area contributed by atoms with Crippen LogP contribution in [-0.4, -0.2) is 54.0 Å². The molecule has 0 aromatic heterocycles. The van der Waals surface area contributed by atoms with Crippen LogP contribution in [0.3, 0.4) is 0 Å². The number of amides is 3. The van der Waals surface area contributed by atoms with Crippen molar-refractivity contribution < 1.29 is 14.3 Å². The van der Waals surface area contributed by atoms with Gasteiger partial charge in [-0.1, -0.05) is 42.5 Å². The van der Waals surface area contributed by atoms with Crippen molar-refractivity contribution in [3.8, 4) is 5.75 Å². The lowest BCUT2D eigenvalue weighted by Gasteiger charge is -2.37. The first-order valence-corrected chi connectivity index (χ1v) is 10.8. The first-order valence-electron chi connectivity index (χ1n) is 10.8. The Kier molecular flexibility index (Phi) is 6.25. The quantitative estimate of drug-likeness (QED) is 0.670. The predicted octanol–water partition coefficient (Wildman–Crippen LogP) is 2.67. The lowest BCUT2D eigenvalue weighted by Crippen LogP contribution is -2.55. The molecule has 0 bridgehead atoms. The van der Waals surface area contributed by atoms with Gasteiger partial charge in [-0.15, -0.1) is 0 Å². The second kappa shape index (κ2) is 9.08. The molecule has 0 unspecified atom stereocenters. The molecule has 3 N–H and O–H groups in total. The van der Waals surface area contributed by atoms with Gasteiger partial charge in [-0.25, -0.2) is 4.79 Å². The van der Waals surface area contributed by atoms with E-state index >= 15 is 0 Å². The van der Waals surface area contributed by atoms with Gasteiger partial charge >= 0.3 is 6.03 Å². The number of methoxy groups -OCH3 is 1. The lowest BCUT2D eigenvalue weighted by molar-refractivity contribution is -0.133. The minimum atomic E-state index is -0.776. The monoisotopic (exact) mass is 422 g/mol. The predicted molar refractivity (Wildman–Crippen MR) is 118 cm³/mol. The van der Waals surface area contributed by atoms with Crippen LogP contribution in [-0.2, 0) is 11.3 Å². The van der Waals surface area contributed by atoms with Gasteiger partial charge in [0.25, 0.3) is 5.91 Å². The minimum absolute atomic E-state index is 0.00453. The van der Waals surface area contributed by atoms with Crippen molar-refractivity contribution >= 4 is 11.9 Å². The van der Waals surface area contributed by atoms with E-state index in [4.69, 9.17) is 10.5 Å². The maximum absolute atomic E-state index is 13.2. The highest BCUT2D eigenvalue weighted by Crippen LogP contribution is 2.31. The summed E-state index contributed by atoms with van der Waals surface area (Å²) < 4.78 is 5.17. The highest BCUT2D eigenvalue weighted by atomic mass is 16.5. The number of hydrogen-bond acceptors (Lipinski definition) is 5. The zero-order valence-electron chi connectivity index (χ0n) is 17.9. The van der Waals surface area contributed by atoms with Crippen LogP contribution in [0.1, 0.15) is 36.4 Å². The number of urea groups is 1. The molecular formula is C24H30N4O3. The van der Waals surface area contributed by atoms with Crippen molar-refractivity contribution in [3.63, 3.8) is 0 Å². The van der Waals surface area contributed by atoms with E-state index in [9.17, 15) is 9.59 Å². The zero-order valence-corrected chi connectivity index (χ0v) is 17.9. The fraction of sp³-hybridized carbons (Fsp3) is 0.417. The van der Waals surface area contributed by atoms with Crippen LogP contribution in [0.2, 0.25) is 0 Å². The fourth-order valence-corrected chi connectivity index (χ4v) is 4.42. The summed E-state index contributed by atoms with van der Waals surface area (Å²) in [7, 11) is 1.61. The molecule has 0 saturated carbocycles. The van der Waals surface area contributed by atoms with E-state index in [1.165, 1.54) is 4.90 Å². The Hall–Kier alpha value is -2.90. The largest absolute Gasteiger partial charge is 0.497 e. The maximum Gasteiger partial charge on any atom is 0.325 e. The van der Waals surface area contributed by atoms with Crippen LogP contribution in [0.5, 0.6) is 5.75 Å². The molecule has 7 heteroatoms.